The molecule has 3 atom stereocenters. The van der Waals surface area contributed by atoms with Crippen LogP contribution in [0.4, 0.5) is 10.3 Å². The molecule has 15 heteroatoms. The number of nitrogens with one attached hydrogen (secondary N) is 1. The third kappa shape index (κ3) is 5.71. The highest BCUT2D eigenvalue weighted by Crippen LogP contribution is 2.31. The van der Waals surface area contributed by atoms with Crippen LogP contribution >= 0.6 is 11.6 Å². The van der Waals surface area contributed by atoms with Crippen LogP contribution in [0, 0.1) is 5.82 Å². The molecule has 0 spiro atoms. The van der Waals surface area contributed by atoms with Gasteiger partial charge in [0, 0.05) is 31.8 Å². The lowest BCUT2D eigenvalue weighted by Gasteiger charge is -2.23. The number of methoxy groups -OCH3 is 2. The number of ether oxygens (including phenoxy) is 2. The van der Waals surface area contributed by atoms with Gasteiger partial charge in [0.15, 0.2) is 11.6 Å². The second-order valence-corrected chi connectivity index (χ2v) is 10.6. The summed E-state index contributed by atoms with van der Waals surface area (Å²) in [4.78, 5) is 16.5. The summed E-state index contributed by atoms with van der Waals surface area (Å²) in [5.41, 5.74) is 0.808. The molecule has 4 heterocycles. The number of hydrogen-bond donors (Lipinski definition) is 1. The van der Waals surface area contributed by atoms with Gasteiger partial charge in [-0.05, 0) is 31.5 Å². The maximum absolute atomic E-state index is 14.0. The highest BCUT2D eigenvalue weighted by atomic mass is 35.5. The third-order valence-corrected chi connectivity index (χ3v) is 7.64. The topological polar surface area (TPSA) is 147 Å². The van der Waals surface area contributed by atoms with Gasteiger partial charge in [-0.15, -0.1) is 10.2 Å². The normalized spacial score (nSPS) is 14.1. The van der Waals surface area contributed by atoms with Crippen molar-refractivity contribution >= 4 is 27.6 Å². The second-order valence-electron chi connectivity index (χ2n) is 8.16. The molecule has 0 fully saturated rings. The first-order valence-corrected chi connectivity index (χ1v) is 13.2. The zero-order valence-corrected chi connectivity index (χ0v) is 22.4. The Morgan fingerprint density at radius 1 is 1.08 bits per heavy atom. The highest BCUT2D eigenvalue weighted by Gasteiger charge is 2.35. The summed E-state index contributed by atoms with van der Waals surface area (Å²) < 4.78 is 55.6. The van der Waals surface area contributed by atoms with Gasteiger partial charge in [0.05, 0.1) is 24.4 Å². The van der Waals surface area contributed by atoms with Gasteiger partial charge in [0.1, 0.15) is 22.9 Å². The van der Waals surface area contributed by atoms with E-state index in [9.17, 15) is 12.8 Å². The van der Waals surface area contributed by atoms with Crippen LogP contribution in [0.2, 0.25) is 5.02 Å². The van der Waals surface area contributed by atoms with Crippen LogP contribution in [-0.2, 0) is 14.8 Å². The van der Waals surface area contributed by atoms with E-state index in [1.54, 1.807) is 25.1 Å². The Bertz CT molecular complexity index is 1520. The van der Waals surface area contributed by atoms with E-state index in [1.807, 2.05) is 0 Å². The lowest BCUT2D eigenvalue weighted by Crippen LogP contribution is -2.33. The average Bonchev–Trinajstić information content (AvgIpc) is 3.32. The maximum atomic E-state index is 14.0. The smallest absolute Gasteiger partial charge is 0.240 e. The Morgan fingerprint density at radius 3 is 2.47 bits per heavy atom. The van der Waals surface area contributed by atoms with Crippen LogP contribution in [-0.4, -0.2) is 62.6 Å². The third-order valence-electron chi connectivity index (χ3n) is 5.75. The number of rotatable bonds is 10. The molecule has 4 aromatic rings. The van der Waals surface area contributed by atoms with E-state index in [0.29, 0.717) is 22.2 Å². The summed E-state index contributed by atoms with van der Waals surface area (Å²) in [6, 6.07) is 5.66. The average molecular weight is 563 g/mol. The zero-order valence-electron chi connectivity index (χ0n) is 20.8. The molecule has 38 heavy (non-hydrogen) atoms. The fraction of sp³-hybridized carbons (Fsp3) is 0.304. The molecule has 0 aliphatic carbocycles. The molecule has 0 amide bonds. The summed E-state index contributed by atoms with van der Waals surface area (Å²) >= 11 is 5.86. The van der Waals surface area contributed by atoms with Gasteiger partial charge in [-0.1, -0.05) is 17.7 Å². The van der Waals surface area contributed by atoms with Crippen molar-refractivity contribution < 1.29 is 22.3 Å². The first kappa shape index (κ1) is 27.3. The van der Waals surface area contributed by atoms with Crippen molar-refractivity contribution in [3.63, 3.8) is 0 Å². The van der Waals surface area contributed by atoms with Crippen LogP contribution in [0.3, 0.4) is 0 Å². The Balaban J connectivity index is 1.76. The number of pyridine rings is 2. The fourth-order valence-electron chi connectivity index (χ4n) is 3.72. The minimum Gasteiger partial charge on any atom is -0.481 e. The molecule has 4 aromatic heterocycles. The minimum absolute atomic E-state index is 0.125. The molecule has 0 aliphatic heterocycles. The van der Waals surface area contributed by atoms with Crippen molar-refractivity contribution in [3.05, 3.63) is 71.3 Å². The van der Waals surface area contributed by atoms with Crippen molar-refractivity contribution in [3.8, 4) is 17.4 Å². The molecule has 4 rings (SSSR count). The molecule has 0 radical (unpaired) electrons. The quantitative estimate of drug-likeness (QED) is 0.305. The van der Waals surface area contributed by atoms with E-state index in [-0.39, 0.29) is 17.6 Å². The Kier molecular flexibility index (Phi) is 8.14. The molecule has 0 bridgehead atoms. The number of nitrogens with zero attached hydrogens (tertiary/aromatic N) is 7. The van der Waals surface area contributed by atoms with Gasteiger partial charge < -0.3 is 9.47 Å². The van der Waals surface area contributed by atoms with Crippen LogP contribution in [0.1, 0.15) is 37.4 Å². The van der Waals surface area contributed by atoms with E-state index in [0.717, 1.165) is 6.20 Å². The number of sulfonamides is 1. The molecule has 1 N–H and O–H groups in total. The number of aromatic nitrogens is 7. The summed E-state index contributed by atoms with van der Waals surface area (Å²) in [5, 5.41) is 7.42. The van der Waals surface area contributed by atoms with E-state index in [2.05, 4.69) is 34.9 Å². The molecule has 0 saturated carbocycles. The lowest BCUT2D eigenvalue weighted by molar-refractivity contribution is 0.0950. The molecule has 0 aromatic carbocycles. The zero-order chi connectivity index (χ0) is 27.4. The Morgan fingerprint density at radius 2 is 1.82 bits per heavy atom. The number of anilines is 1. The SMILES string of the molecule is COc1cccc(-c2nnc(NS(=O)(=O)C(C)C(OC)c3ncc(Cl)cn3)n2C(C)c2cncc(F)c2)n1. The summed E-state index contributed by atoms with van der Waals surface area (Å²) in [6.45, 7) is 3.17. The fourth-order valence-corrected chi connectivity index (χ4v) is 4.96. The number of hydrogen-bond acceptors (Lipinski definition) is 10. The van der Waals surface area contributed by atoms with E-state index >= 15 is 0 Å². The Hall–Kier alpha value is -3.75. The lowest BCUT2D eigenvalue weighted by atomic mass is 10.1. The van der Waals surface area contributed by atoms with Gasteiger partial charge in [-0.2, -0.15) is 0 Å². The van der Waals surface area contributed by atoms with Gasteiger partial charge in [-0.3, -0.25) is 14.3 Å². The van der Waals surface area contributed by atoms with E-state index in [1.165, 1.54) is 50.4 Å². The standard InChI is InChI=1S/C23H24ClFN8O4S/c1-13(15-8-17(25)12-26-9-15)33-22(18-6-5-7-19(29-18)36-3)30-31-23(33)32-38(34,35)14(2)20(37-4)21-27-10-16(24)11-28-21/h5-14,20H,1-4H3,(H,31,32). The van der Waals surface area contributed by atoms with Gasteiger partial charge in [0.2, 0.25) is 21.9 Å². The van der Waals surface area contributed by atoms with Crippen LogP contribution in [0.5, 0.6) is 5.88 Å². The van der Waals surface area contributed by atoms with Crippen LogP contribution < -0.4 is 9.46 Å². The molecule has 0 saturated heterocycles. The molecule has 0 aliphatic rings. The van der Waals surface area contributed by atoms with Crippen molar-refractivity contribution in [2.45, 2.75) is 31.2 Å². The molecule has 3 unspecified atom stereocenters. The number of halogens is 2. The van der Waals surface area contributed by atoms with Gasteiger partial charge in [-0.25, -0.2) is 27.8 Å². The first-order valence-electron chi connectivity index (χ1n) is 11.2. The highest BCUT2D eigenvalue weighted by molar-refractivity contribution is 7.93. The van der Waals surface area contributed by atoms with Gasteiger partial charge in [0.25, 0.3) is 0 Å². The van der Waals surface area contributed by atoms with Gasteiger partial charge >= 0.3 is 0 Å². The summed E-state index contributed by atoms with van der Waals surface area (Å²) in [6.07, 6.45) is 4.21. The first-order chi connectivity index (χ1) is 18.1. The molecule has 12 nitrogen and oxygen atoms in total. The summed E-state index contributed by atoms with van der Waals surface area (Å²) in [7, 11) is -1.34. The minimum atomic E-state index is -4.16. The molecular weight excluding hydrogens is 539 g/mol. The molecular formula is C23H24ClFN8O4S. The second kappa shape index (κ2) is 11.3. The van der Waals surface area contributed by atoms with Crippen molar-refractivity contribution in [2.24, 2.45) is 0 Å². The van der Waals surface area contributed by atoms with Crippen LogP contribution in [0.15, 0.2) is 49.1 Å². The summed E-state index contributed by atoms with van der Waals surface area (Å²) in [5.74, 6) is -0.00363. The largest absolute Gasteiger partial charge is 0.481 e. The van der Waals surface area contributed by atoms with E-state index in [4.69, 9.17) is 21.1 Å². The van der Waals surface area contributed by atoms with Crippen molar-refractivity contribution in [1.29, 1.82) is 0 Å². The maximum Gasteiger partial charge on any atom is 0.240 e. The monoisotopic (exact) mass is 562 g/mol. The van der Waals surface area contributed by atoms with Crippen molar-refractivity contribution in [1.82, 2.24) is 34.7 Å². The Labute approximate surface area is 223 Å². The van der Waals surface area contributed by atoms with Crippen molar-refractivity contribution in [2.75, 3.05) is 18.9 Å². The predicted molar refractivity (Wildman–Crippen MR) is 137 cm³/mol. The molecule has 200 valence electrons. The van der Waals surface area contributed by atoms with E-state index < -0.39 is 33.2 Å². The van der Waals surface area contributed by atoms with Crippen LogP contribution in [0.25, 0.3) is 11.5 Å². The predicted octanol–water partition coefficient (Wildman–Crippen LogP) is 3.45.